The van der Waals surface area contributed by atoms with Crippen molar-refractivity contribution in [2.24, 2.45) is 0 Å². The summed E-state index contributed by atoms with van der Waals surface area (Å²) in [6, 6.07) is 10.9. The van der Waals surface area contributed by atoms with Crippen LogP contribution in [-0.4, -0.2) is 20.2 Å². The summed E-state index contributed by atoms with van der Waals surface area (Å²) >= 11 is 12.5. The lowest BCUT2D eigenvalue weighted by Crippen LogP contribution is -2.03. The van der Waals surface area contributed by atoms with Crippen molar-refractivity contribution in [3.05, 3.63) is 52.0 Å². The predicted molar refractivity (Wildman–Crippen MR) is 83.8 cm³/mol. The van der Waals surface area contributed by atoms with E-state index in [1.54, 1.807) is 24.3 Å². The first-order chi connectivity index (χ1) is 10.1. The first-order valence-corrected chi connectivity index (χ1v) is 6.93. The molecule has 2 N–H and O–H groups in total. The van der Waals surface area contributed by atoms with Crippen molar-refractivity contribution in [3.63, 3.8) is 0 Å². The van der Waals surface area contributed by atoms with E-state index >= 15 is 0 Å². The maximum Gasteiger partial charge on any atom is 0.190 e. The molecule has 5 nitrogen and oxygen atoms in total. The van der Waals surface area contributed by atoms with Crippen LogP contribution in [0.1, 0.15) is 5.56 Å². The molecule has 0 bridgehead atoms. The minimum atomic E-state index is 0.450. The molecule has 3 rings (SSSR count). The molecule has 3 aromatic rings. The Labute approximate surface area is 131 Å². The molecule has 0 fully saturated rings. The molecule has 0 aliphatic heterocycles. The van der Waals surface area contributed by atoms with Crippen molar-refractivity contribution in [1.29, 1.82) is 0 Å². The third-order valence-corrected chi connectivity index (χ3v) is 3.70. The smallest absolute Gasteiger partial charge is 0.190 e. The van der Waals surface area contributed by atoms with Gasteiger partial charge < -0.3 is 5.73 Å². The van der Waals surface area contributed by atoms with Gasteiger partial charge in [-0.15, -0.1) is 5.10 Å². The third-order valence-electron chi connectivity index (χ3n) is 3.07. The number of aryl methyl sites for hydroxylation is 1. The van der Waals surface area contributed by atoms with E-state index in [1.807, 2.05) is 19.1 Å². The Balaban J connectivity index is 2.25. The van der Waals surface area contributed by atoms with Gasteiger partial charge in [0.05, 0.1) is 21.3 Å². The molecule has 0 amide bonds. The number of nitrogens with two attached hydrogens (primary N) is 1. The van der Waals surface area contributed by atoms with Gasteiger partial charge in [0.2, 0.25) is 0 Å². The van der Waals surface area contributed by atoms with Gasteiger partial charge >= 0.3 is 0 Å². The maximum atomic E-state index is 6.25. The molecule has 0 unspecified atom stereocenters. The van der Waals surface area contributed by atoms with Crippen LogP contribution in [0.25, 0.3) is 17.1 Å². The van der Waals surface area contributed by atoms with Crippen LogP contribution >= 0.6 is 23.2 Å². The summed E-state index contributed by atoms with van der Waals surface area (Å²) in [4.78, 5) is 0. The highest BCUT2D eigenvalue weighted by Gasteiger charge is 2.18. The van der Waals surface area contributed by atoms with E-state index in [2.05, 4.69) is 15.5 Å². The van der Waals surface area contributed by atoms with Crippen LogP contribution in [0, 0.1) is 6.92 Å². The monoisotopic (exact) mass is 319 g/mol. The molecule has 0 aliphatic carbocycles. The van der Waals surface area contributed by atoms with E-state index in [4.69, 9.17) is 28.9 Å². The molecule has 1 heterocycles. The highest BCUT2D eigenvalue weighted by Crippen LogP contribution is 2.33. The van der Waals surface area contributed by atoms with Gasteiger partial charge in [0.15, 0.2) is 5.82 Å². The summed E-state index contributed by atoms with van der Waals surface area (Å²) < 4.78 is 1.53. The molecular formula is C14H11Cl2N5. The van der Waals surface area contributed by atoms with E-state index in [1.165, 1.54) is 4.68 Å². The van der Waals surface area contributed by atoms with E-state index in [0.717, 1.165) is 5.56 Å². The standard InChI is InChI=1S/C14H11Cl2N5/c1-8-5-6-9(15)12(7-8)21-14(18-19-20-21)13-10(16)3-2-4-11(13)17/h2-7H,17H2,1H3. The van der Waals surface area contributed by atoms with Crippen LogP contribution in [0.5, 0.6) is 0 Å². The molecule has 0 saturated carbocycles. The van der Waals surface area contributed by atoms with Crippen LogP contribution in [0.4, 0.5) is 5.69 Å². The van der Waals surface area contributed by atoms with Gasteiger partial charge in [0, 0.05) is 5.69 Å². The van der Waals surface area contributed by atoms with Gasteiger partial charge in [-0.25, -0.2) is 0 Å². The zero-order chi connectivity index (χ0) is 15.0. The van der Waals surface area contributed by atoms with E-state index < -0.39 is 0 Å². The van der Waals surface area contributed by atoms with Gasteiger partial charge in [-0.05, 0) is 47.2 Å². The maximum absolute atomic E-state index is 6.25. The van der Waals surface area contributed by atoms with Gasteiger partial charge in [0.25, 0.3) is 0 Å². The number of halogens is 2. The highest BCUT2D eigenvalue weighted by atomic mass is 35.5. The van der Waals surface area contributed by atoms with Crippen LogP contribution in [-0.2, 0) is 0 Å². The van der Waals surface area contributed by atoms with Crippen LogP contribution in [0.15, 0.2) is 36.4 Å². The molecule has 0 atom stereocenters. The Bertz CT molecular complexity index is 793. The predicted octanol–water partition coefficient (Wildman–Crippen LogP) is 3.53. The molecule has 7 heteroatoms. The Morgan fingerprint density at radius 2 is 1.90 bits per heavy atom. The summed E-state index contributed by atoms with van der Waals surface area (Å²) in [5, 5.41) is 12.8. The van der Waals surface area contributed by atoms with Crippen molar-refractivity contribution in [1.82, 2.24) is 20.2 Å². The Kier molecular flexibility index (Phi) is 3.53. The lowest BCUT2D eigenvalue weighted by molar-refractivity contribution is 0.791. The van der Waals surface area contributed by atoms with Crippen molar-refractivity contribution in [2.75, 3.05) is 5.73 Å². The molecule has 1 aromatic heterocycles. The van der Waals surface area contributed by atoms with Crippen LogP contribution in [0.3, 0.4) is 0 Å². The van der Waals surface area contributed by atoms with E-state index in [0.29, 0.717) is 32.8 Å². The van der Waals surface area contributed by atoms with Crippen molar-refractivity contribution < 1.29 is 0 Å². The molecule has 2 aromatic carbocycles. The summed E-state index contributed by atoms with van der Waals surface area (Å²) in [5.41, 5.74) is 8.81. The number of anilines is 1. The number of benzene rings is 2. The first kappa shape index (κ1) is 13.9. The number of nitrogen functional groups attached to an aromatic ring is 1. The fourth-order valence-corrected chi connectivity index (χ4v) is 2.53. The normalized spacial score (nSPS) is 10.8. The second-order valence-corrected chi connectivity index (χ2v) is 5.39. The fraction of sp³-hybridized carbons (Fsp3) is 0.0714. The SMILES string of the molecule is Cc1ccc(Cl)c(-n2nnnc2-c2c(N)cccc2Cl)c1. The number of nitrogens with zero attached hydrogens (tertiary/aromatic N) is 4. The third kappa shape index (κ3) is 2.46. The molecule has 0 aliphatic rings. The number of tetrazole rings is 1. The van der Waals surface area contributed by atoms with Crippen molar-refractivity contribution in [3.8, 4) is 17.1 Å². The largest absolute Gasteiger partial charge is 0.398 e. The summed E-state index contributed by atoms with van der Waals surface area (Å²) in [6.45, 7) is 1.97. The summed E-state index contributed by atoms with van der Waals surface area (Å²) in [5.74, 6) is 0.450. The average Bonchev–Trinajstić information content (AvgIpc) is 2.90. The Hall–Kier alpha value is -2.11. The Morgan fingerprint density at radius 3 is 2.67 bits per heavy atom. The number of hydrogen-bond donors (Lipinski definition) is 1. The van der Waals surface area contributed by atoms with Crippen molar-refractivity contribution >= 4 is 28.9 Å². The fourth-order valence-electron chi connectivity index (χ4n) is 2.07. The zero-order valence-electron chi connectivity index (χ0n) is 11.1. The highest BCUT2D eigenvalue weighted by molar-refractivity contribution is 6.34. The molecular weight excluding hydrogens is 309 g/mol. The van der Waals surface area contributed by atoms with Gasteiger partial charge in [-0.2, -0.15) is 4.68 Å². The zero-order valence-corrected chi connectivity index (χ0v) is 12.6. The molecule has 0 radical (unpaired) electrons. The van der Waals surface area contributed by atoms with Crippen LogP contribution in [0.2, 0.25) is 10.0 Å². The van der Waals surface area contributed by atoms with Crippen molar-refractivity contribution in [2.45, 2.75) is 6.92 Å². The topological polar surface area (TPSA) is 69.6 Å². The number of aromatic nitrogens is 4. The average molecular weight is 320 g/mol. The first-order valence-electron chi connectivity index (χ1n) is 6.17. The minimum absolute atomic E-state index is 0.450. The Morgan fingerprint density at radius 1 is 1.10 bits per heavy atom. The van der Waals surface area contributed by atoms with Gasteiger partial charge in [-0.3, -0.25) is 0 Å². The second kappa shape index (κ2) is 5.35. The number of hydrogen-bond acceptors (Lipinski definition) is 4. The van der Waals surface area contributed by atoms with Crippen LogP contribution < -0.4 is 5.73 Å². The van der Waals surface area contributed by atoms with E-state index in [-0.39, 0.29) is 0 Å². The summed E-state index contributed by atoms with van der Waals surface area (Å²) in [7, 11) is 0. The van der Waals surface area contributed by atoms with E-state index in [9.17, 15) is 0 Å². The molecule has 0 saturated heterocycles. The van der Waals surface area contributed by atoms with Gasteiger partial charge in [0.1, 0.15) is 0 Å². The minimum Gasteiger partial charge on any atom is -0.398 e. The number of rotatable bonds is 2. The molecule has 0 spiro atoms. The second-order valence-electron chi connectivity index (χ2n) is 4.57. The lowest BCUT2D eigenvalue weighted by Gasteiger charge is -2.10. The lowest BCUT2D eigenvalue weighted by atomic mass is 10.1. The van der Waals surface area contributed by atoms with Gasteiger partial charge in [-0.1, -0.05) is 35.3 Å². The summed E-state index contributed by atoms with van der Waals surface area (Å²) in [6.07, 6.45) is 0. The quantitative estimate of drug-likeness (QED) is 0.733. The molecule has 21 heavy (non-hydrogen) atoms. The molecule has 106 valence electrons.